The molecule has 16 heavy (non-hydrogen) atoms. The highest BCUT2D eigenvalue weighted by Crippen LogP contribution is 2.15. The number of rotatable bonds is 3. The van der Waals surface area contributed by atoms with Crippen LogP contribution in [0, 0.1) is 0 Å². The third-order valence-corrected chi connectivity index (χ3v) is 2.34. The van der Waals surface area contributed by atoms with E-state index in [1.54, 1.807) is 25.1 Å². The van der Waals surface area contributed by atoms with E-state index >= 15 is 0 Å². The second-order valence-corrected chi connectivity index (χ2v) is 4.15. The van der Waals surface area contributed by atoms with Gasteiger partial charge in [-0.15, -0.1) is 0 Å². The van der Waals surface area contributed by atoms with E-state index in [1.165, 1.54) is 0 Å². The first-order chi connectivity index (χ1) is 7.49. The average Bonchev–Trinajstić information content (AvgIpc) is 2.16. The predicted molar refractivity (Wildman–Crippen MR) is 65.0 cm³/mol. The Bertz CT molecular complexity index is 409. The number of carbonyl (C=O) groups is 2. The predicted octanol–water partition coefficient (Wildman–Crippen LogP) is 1.44. The molecule has 1 aromatic carbocycles. The van der Waals surface area contributed by atoms with Crippen LogP contribution < -0.4 is 16.4 Å². The summed E-state index contributed by atoms with van der Waals surface area (Å²) >= 11 is 3.29. The van der Waals surface area contributed by atoms with E-state index in [4.69, 9.17) is 5.73 Å². The van der Waals surface area contributed by atoms with Crippen LogP contribution in [0.1, 0.15) is 6.92 Å². The van der Waals surface area contributed by atoms with E-state index in [1.807, 2.05) is 6.07 Å². The lowest BCUT2D eigenvalue weighted by Crippen LogP contribution is -2.44. The first-order valence-electron chi connectivity index (χ1n) is 4.61. The van der Waals surface area contributed by atoms with E-state index in [9.17, 15) is 9.59 Å². The largest absolute Gasteiger partial charge is 0.352 e. The molecule has 0 radical (unpaired) electrons. The van der Waals surface area contributed by atoms with E-state index in [2.05, 4.69) is 26.6 Å². The second-order valence-electron chi connectivity index (χ2n) is 3.23. The number of nitrogens with two attached hydrogens (primary N) is 1. The summed E-state index contributed by atoms with van der Waals surface area (Å²) in [6.45, 7) is 1.55. The number of carbonyl (C=O) groups excluding carboxylic acids is 2. The molecule has 0 saturated carbocycles. The van der Waals surface area contributed by atoms with Crippen molar-refractivity contribution in [2.45, 2.75) is 13.0 Å². The van der Waals surface area contributed by atoms with Gasteiger partial charge in [0.05, 0.1) is 0 Å². The maximum atomic E-state index is 11.6. The SMILES string of the molecule is C[C@@H](NC(N)=O)C(=O)Nc1cccc(Br)c1. The van der Waals surface area contributed by atoms with E-state index in [0.29, 0.717) is 5.69 Å². The summed E-state index contributed by atoms with van der Waals surface area (Å²) in [6, 6.07) is 5.76. The topological polar surface area (TPSA) is 84.2 Å². The number of primary amides is 1. The number of urea groups is 1. The molecule has 0 heterocycles. The van der Waals surface area contributed by atoms with Crippen LogP contribution in [0.2, 0.25) is 0 Å². The van der Waals surface area contributed by atoms with Crippen molar-refractivity contribution < 1.29 is 9.59 Å². The van der Waals surface area contributed by atoms with Crippen LogP contribution in [0.5, 0.6) is 0 Å². The van der Waals surface area contributed by atoms with Crippen LogP contribution in [-0.2, 0) is 4.79 Å². The van der Waals surface area contributed by atoms with Crippen LogP contribution in [0.25, 0.3) is 0 Å². The smallest absolute Gasteiger partial charge is 0.312 e. The van der Waals surface area contributed by atoms with E-state index in [0.717, 1.165) is 4.47 Å². The Morgan fingerprint density at radius 1 is 1.44 bits per heavy atom. The number of halogens is 1. The third kappa shape index (κ3) is 3.90. The number of benzene rings is 1. The summed E-state index contributed by atoms with van der Waals surface area (Å²) in [6.07, 6.45) is 0. The van der Waals surface area contributed by atoms with Crippen molar-refractivity contribution in [3.8, 4) is 0 Å². The van der Waals surface area contributed by atoms with Gasteiger partial charge in [0.15, 0.2) is 0 Å². The van der Waals surface area contributed by atoms with Crippen molar-refractivity contribution in [2.75, 3.05) is 5.32 Å². The minimum absolute atomic E-state index is 0.322. The molecule has 1 atom stereocenters. The van der Waals surface area contributed by atoms with E-state index < -0.39 is 12.1 Å². The lowest BCUT2D eigenvalue weighted by atomic mass is 10.2. The molecule has 0 aliphatic carbocycles. The van der Waals surface area contributed by atoms with Crippen molar-refractivity contribution in [2.24, 2.45) is 5.73 Å². The van der Waals surface area contributed by atoms with Crippen molar-refractivity contribution in [1.82, 2.24) is 5.32 Å². The molecule has 86 valence electrons. The molecule has 0 saturated heterocycles. The Kier molecular flexibility index (Phi) is 4.30. The van der Waals surface area contributed by atoms with E-state index in [-0.39, 0.29) is 5.91 Å². The fourth-order valence-corrected chi connectivity index (χ4v) is 1.49. The minimum atomic E-state index is -0.725. The molecular weight excluding hydrogens is 274 g/mol. The second kappa shape index (κ2) is 5.50. The number of anilines is 1. The molecule has 0 unspecified atom stereocenters. The van der Waals surface area contributed by atoms with Crippen LogP contribution in [0.3, 0.4) is 0 Å². The molecule has 3 amide bonds. The first kappa shape index (κ1) is 12.5. The molecule has 0 aliphatic rings. The molecule has 5 nitrogen and oxygen atoms in total. The number of hydrogen-bond acceptors (Lipinski definition) is 2. The number of hydrogen-bond donors (Lipinski definition) is 3. The van der Waals surface area contributed by atoms with Crippen molar-refractivity contribution >= 4 is 33.6 Å². The summed E-state index contributed by atoms with van der Waals surface area (Å²) < 4.78 is 0.862. The molecule has 0 fully saturated rings. The summed E-state index contributed by atoms with van der Waals surface area (Å²) in [4.78, 5) is 22.1. The molecule has 1 aromatic rings. The van der Waals surface area contributed by atoms with Gasteiger partial charge in [0.1, 0.15) is 6.04 Å². The van der Waals surface area contributed by atoms with Gasteiger partial charge in [-0.25, -0.2) is 4.79 Å². The Labute approximate surface area is 102 Å². The van der Waals surface area contributed by atoms with Crippen LogP contribution in [-0.4, -0.2) is 18.0 Å². The summed E-state index contributed by atoms with van der Waals surface area (Å²) in [7, 11) is 0. The quantitative estimate of drug-likeness (QED) is 0.785. The molecule has 0 bridgehead atoms. The first-order valence-corrected chi connectivity index (χ1v) is 5.40. The Morgan fingerprint density at radius 3 is 2.69 bits per heavy atom. The van der Waals surface area contributed by atoms with Gasteiger partial charge < -0.3 is 16.4 Å². The number of amides is 3. The number of nitrogens with one attached hydrogen (secondary N) is 2. The van der Waals surface area contributed by atoms with Gasteiger partial charge in [-0.3, -0.25) is 4.79 Å². The van der Waals surface area contributed by atoms with Gasteiger partial charge >= 0.3 is 6.03 Å². The Balaban J connectivity index is 2.60. The zero-order chi connectivity index (χ0) is 12.1. The summed E-state index contributed by atoms with van der Waals surface area (Å²) in [5.74, 6) is -0.322. The monoisotopic (exact) mass is 285 g/mol. The average molecular weight is 286 g/mol. The van der Waals surface area contributed by atoms with Gasteiger partial charge in [-0.1, -0.05) is 22.0 Å². The maximum absolute atomic E-state index is 11.6. The zero-order valence-corrected chi connectivity index (χ0v) is 10.2. The lowest BCUT2D eigenvalue weighted by molar-refractivity contribution is -0.117. The minimum Gasteiger partial charge on any atom is -0.352 e. The maximum Gasteiger partial charge on any atom is 0.312 e. The highest BCUT2D eigenvalue weighted by atomic mass is 79.9. The summed E-state index contributed by atoms with van der Waals surface area (Å²) in [5.41, 5.74) is 5.56. The van der Waals surface area contributed by atoms with Crippen molar-refractivity contribution in [3.63, 3.8) is 0 Å². The molecule has 6 heteroatoms. The normalized spacial score (nSPS) is 11.6. The standard InChI is InChI=1S/C10H12BrN3O2/c1-6(13-10(12)16)9(15)14-8-4-2-3-7(11)5-8/h2-6H,1H3,(H,14,15)(H3,12,13,16)/t6-/m1/s1. The highest BCUT2D eigenvalue weighted by Gasteiger charge is 2.13. The van der Waals surface area contributed by atoms with Gasteiger partial charge in [-0.05, 0) is 25.1 Å². The third-order valence-electron chi connectivity index (χ3n) is 1.84. The van der Waals surface area contributed by atoms with Gasteiger partial charge in [0.25, 0.3) is 0 Å². The molecule has 4 N–H and O–H groups in total. The Morgan fingerprint density at radius 2 is 2.12 bits per heavy atom. The fraction of sp³-hybridized carbons (Fsp3) is 0.200. The van der Waals surface area contributed by atoms with Gasteiger partial charge in [0, 0.05) is 10.2 Å². The molecule has 1 rings (SSSR count). The van der Waals surface area contributed by atoms with Crippen molar-refractivity contribution in [3.05, 3.63) is 28.7 Å². The molecular formula is C10H12BrN3O2. The summed E-state index contributed by atoms with van der Waals surface area (Å²) in [5, 5.41) is 4.94. The molecule has 0 spiro atoms. The molecule has 0 aromatic heterocycles. The van der Waals surface area contributed by atoms with Gasteiger partial charge in [0.2, 0.25) is 5.91 Å². The van der Waals surface area contributed by atoms with Crippen LogP contribution in [0.15, 0.2) is 28.7 Å². The van der Waals surface area contributed by atoms with Crippen LogP contribution >= 0.6 is 15.9 Å². The fourth-order valence-electron chi connectivity index (χ4n) is 1.10. The molecule has 0 aliphatic heterocycles. The van der Waals surface area contributed by atoms with Crippen molar-refractivity contribution in [1.29, 1.82) is 0 Å². The van der Waals surface area contributed by atoms with Gasteiger partial charge in [-0.2, -0.15) is 0 Å². The highest BCUT2D eigenvalue weighted by molar-refractivity contribution is 9.10. The van der Waals surface area contributed by atoms with Crippen LogP contribution in [0.4, 0.5) is 10.5 Å². The lowest BCUT2D eigenvalue weighted by Gasteiger charge is -2.12. The Hall–Kier alpha value is -1.56. The zero-order valence-electron chi connectivity index (χ0n) is 8.66.